The third kappa shape index (κ3) is 4.34. The van der Waals surface area contributed by atoms with Crippen molar-refractivity contribution in [1.82, 2.24) is 19.3 Å². The number of aliphatic carboxylic acids is 1. The number of hydrogen-bond donors (Lipinski definition) is 1. The van der Waals surface area contributed by atoms with Gasteiger partial charge in [-0.25, -0.2) is 9.78 Å². The van der Waals surface area contributed by atoms with Gasteiger partial charge in [0.15, 0.2) is 0 Å². The van der Waals surface area contributed by atoms with E-state index in [2.05, 4.69) is 22.7 Å². The molecule has 0 bridgehead atoms. The first-order valence-electron chi connectivity index (χ1n) is 12.6. The third-order valence-corrected chi connectivity index (χ3v) is 7.96. The first kappa shape index (κ1) is 24.6. The molecule has 9 nitrogen and oxygen atoms in total. The molecule has 3 aromatic rings. The second-order valence-electron chi connectivity index (χ2n) is 10.1. The van der Waals surface area contributed by atoms with Gasteiger partial charge in [0.1, 0.15) is 5.82 Å². The summed E-state index contributed by atoms with van der Waals surface area (Å²) in [6.45, 7) is 4.78. The van der Waals surface area contributed by atoms with E-state index in [-0.39, 0.29) is 30.0 Å². The van der Waals surface area contributed by atoms with Crippen LogP contribution in [0.1, 0.15) is 69.3 Å². The summed E-state index contributed by atoms with van der Waals surface area (Å²) in [7, 11) is 1.41. The van der Waals surface area contributed by atoms with Crippen LogP contribution in [0.5, 0.6) is 0 Å². The number of methoxy groups -OCH3 is 1. The largest absolute Gasteiger partial charge is 0.481 e. The molecule has 1 aliphatic carbocycles. The fourth-order valence-electron chi connectivity index (χ4n) is 5.91. The van der Waals surface area contributed by atoms with Crippen LogP contribution in [0.4, 0.5) is 10.5 Å². The normalized spacial score (nSPS) is 22.9. The number of aryl methyl sites for hydroxylation is 1. The van der Waals surface area contributed by atoms with Crippen molar-refractivity contribution in [3.8, 4) is 0 Å². The second-order valence-corrected chi connectivity index (χ2v) is 10.6. The number of carboxylic acids is 1. The number of carbonyl (C=O) groups is 2. The van der Waals surface area contributed by atoms with Gasteiger partial charge in [0.2, 0.25) is 0 Å². The molecular weight excluding hydrogens is 482 g/mol. The van der Waals surface area contributed by atoms with Gasteiger partial charge in [-0.1, -0.05) is 18.5 Å². The average Bonchev–Trinajstić information content (AvgIpc) is 3.46. The molecule has 36 heavy (non-hydrogen) atoms. The number of carboxylic acid groups (broad SMARTS) is 1. The highest BCUT2D eigenvalue weighted by Gasteiger charge is 2.34. The summed E-state index contributed by atoms with van der Waals surface area (Å²) >= 11 is 6.09. The Morgan fingerprint density at radius 1 is 1.22 bits per heavy atom. The van der Waals surface area contributed by atoms with E-state index in [0.717, 1.165) is 53.8 Å². The lowest BCUT2D eigenvalue weighted by molar-refractivity contribution is -0.143. The summed E-state index contributed by atoms with van der Waals surface area (Å²) in [4.78, 5) is 31.1. The Morgan fingerprint density at radius 3 is 2.61 bits per heavy atom. The number of halogens is 1. The molecule has 192 valence electrons. The van der Waals surface area contributed by atoms with Gasteiger partial charge in [0.25, 0.3) is 0 Å². The highest BCUT2D eigenvalue weighted by molar-refractivity contribution is 6.30. The number of carbonyl (C=O) groups excluding carboxylic acids is 1. The molecule has 5 rings (SSSR count). The van der Waals surface area contributed by atoms with Crippen LogP contribution in [0, 0.1) is 5.92 Å². The number of imidazole rings is 1. The Kier molecular flexibility index (Phi) is 6.68. The molecule has 10 heteroatoms. The summed E-state index contributed by atoms with van der Waals surface area (Å²) in [6, 6.07) is 4.27. The van der Waals surface area contributed by atoms with E-state index in [1.807, 2.05) is 17.7 Å². The molecule has 0 saturated heterocycles. The van der Waals surface area contributed by atoms with Gasteiger partial charge in [0.05, 0.1) is 47.5 Å². The quantitative estimate of drug-likeness (QED) is 0.489. The molecule has 0 radical (unpaired) electrons. The molecule has 3 heterocycles. The number of fused-ring (bicyclic) bond motifs is 3. The minimum atomic E-state index is -0.709. The Hall–Kier alpha value is -3.07. The van der Waals surface area contributed by atoms with Crippen LogP contribution in [0.3, 0.4) is 0 Å². The third-order valence-electron chi connectivity index (χ3n) is 7.77. The molecule has 0 unspecified atom stereocenters. The Morgan fingerprint density at radius 2 is 1.97 bits per heavy atom. The predicted molar refractivity (Wildman–Crippen MR) is 137 cm³/mol. The maximum Gasteiger partial charge on any atom is 0.414 e. The maximum absolute atomic E-state index is 12.6. The van der Waals surface area contributed by atoms with E-state index in [9.17, 15) is 14.7 Å². The summed E-state index contributed by atoms with van der Waals surface area (Å²) in [5.41, 5.74) is 3.86. The molecule has 1 aromatic carbocycles. The fraction of sp³-hybridized carbons (Fsp3) is 0.538. The number of nitrogens with zero attached hydrogens (tertiary/aromatic N) is 5. The maximum atomic E-state index is 12.6. The number of ether oxygens (including phenoxy) is 1. The Bertz CT molecular complexity index is 1290. The summed E-state index contributed by atoms with van der Waals surface area (Å²) < 4.78 is 9.23. The smallest absolute Gasteiger partial charge is 0.414 e. The second kappa shape index (κ2) is 9.76. The SMILES string of the molecule is COC(=O)N1c2ccc3c(nc([C@@H](C)Cn4cc(Cl)cn4)n3C3CCC(C(=O)O)CC3)c2CC[C@@H]1C. The zero-order chi connectivity index (χ0) is 25.6. The first-order chi connectivity index (χ1) is 17.3. The molecule has 2 atom stereocenters. The first-order valence-corrected chi connectivity index (χ1v) is 13.0. The van der Waals surface area contributed by atoms with Crippen molar-refractivity contribution < 1.29 is 19.4 Å². The molecule has 1 N–H and O–H groups in total. The van der Waals surface area contributed by atoms with Gasteiger partial charge in [-0.2, -0.15) is 5.10 Å². The molecule has 1 saturated carbocycles. The van der Waals surface area contributed by atoms with Crippen LogP contribution < -0.4 is 4.90 Å². The van der Waals surface area contributed by atoms with E-state index in [1.165, 1.54) is 7.11 Å². The van der Waals surface area contributed by atoms with Gasteiger partial charge in [0, 0.05) is 29.8 Å². The van der Waals surface area contributed by atoms with Gasteiger partial charge in [-0.15, -0.1) is 0 Å². The van der Waals surface area contributed by atoms with Crippen LogP contribution in [-0.2, 0) is 22.5 Å². The zero-order valence-corrected chi connectivity index (χ0v) is 21.6. The van der Waals surface area contributed by atoms with Crippen molar-refractivity contribution >= 4 is 40.4 Å². The summed E-state index contributed by atoms with van der Waals surface area (Å²) in [5, 5.41) is 14.4. The number of anilines is 1. The van der Waals surface area contributed by atoms with Gasteiger partial charge in [-0.05, 0) is 57.6 Å². The predicted octanol–water partition coefficient (Wildman–Crippen LogP) is 5.41. The number of amides is 1. The number of hydrogen-bond acceptors (Lipinski definition) is 5. The fourth-order valence-corrected chi connectivity index (χ4v) is 6.06. The zero-order valence-electron chi connectivity index (χ0n) is 20.9. The molecule has 1 aliphatic heterocycles. The van der Waals surface area contributed by atoms with E-state index >= 15 is 0 Å². The number of aromatic nitrogens is 4. The Labute approximate surface area is 215 Å². The minimum absolute atomic E-state index is 0.0405. The lowest BCUT2D eigenvalue weighted by atomic mass is 9.85. The molecule has 0 spiro atoms. The molecular formula is C26H32ClN5O4. The van der Waals surface area contributed by atoms with Crippen molar-refractivity contribution in [1.29, 1.82) is 0 Å². The van der Waals surface area contributed by atoms with E-state index < -0.39 is 5.97 Å². The molecule has 1 fully saturated rings. The highest BCUT2D eigenvalue weighted by Crippen LogP contribution is 2.41. The lowest BCUT2D eigenvalue weighted by Gasteiger charge is -2.34. The molecule has 2 aliphatic rings. The van der Waals surface area contributed by atoms with Crippen LogP contribution >= 0.6 is 11.6 Å². The minimum Gasteiger partial charge on any atom is -0.481 e. The van der Waals surface area contributed by atoms with Crippen molar-refractivity contribution in [2.75, 3.05) is 12.0 Å². The topological polar surface area (TPSA) is 102 Å². The van der Waals surface area contributed by atoms with Crippen LogP contribution in [-0.4, -0.2) is 49.7 Å². The van der Waals surface area contributed by atoms with Crippen LogP contribution in [0.2, 0.25) is 5.02 Å². The highest BCUT2D eigenvalue weighted by atomic mass is 35.5. The summed E-state index contributed by atoms with van der Waals surface area (Å²) in [5.74, 6) is -0.00218. The molecule has 2 aromatic heterocycles. The lowest BCUT2D eigenvalue weighted by Crippen LogP contribution is -2.42. The van der Waals surface area contributed by atoms with E-state index in [1.54, 1.807) is 17.3 Å². The van der Waals surface area contributed by atoms with Crippen molar-refractivity contribution in [3.63, 3.8) is 0 Å². The van der Waals surface area contributed by atoms with E-state index in [4.69, 9.17) is 21.3 Å². The van der Waals surface area contributed by atoms with Crippen LogP contribution in [0.15, 0.2) is 24.5 Å². The van der Waals surface area contributed by atoms with Gasteiger partial charge >= 0.3 is 12.1 Å². The average molecular weight is 514 g/mol. The van der Waals surface area contributed by atoms with Crippen molar-refractivity contribution in [3.05, 3.63) is 40.9 Å². The number of rotatable bonds is 5. The monoisotopic (exact) mass is 513 g/mol. The summed E-state index contributed by atoms with van der Waals surface area (Å²) in [6.07, 6.45) is 7.61. The van der Waals surface area contributed by atoms with Crippen LogP contribution in [0.25, 0.3) is 11.0 Å². The Balaban J connectivity index is 1.60. The molecule has 1 amide bonds. The van der Waals surface area contributed by atoms with Crippen molar-refractivity contribution in [2.24, 2.45) is 5.92 Å². The van der Waals surface area contributed by atoms with E-state index in [0.29, 0.717) is 24.4 Å². The standard InChI is InChI=1S/C26H32ClN5O4/c1-15(13-30-14-18(27)12-28-30)24-29-23-20-9-4-16(2)31(26(35)36-3)21(20)10-11-22(23)32(24)19-7-5-17(6-8-19)25(33)34/h10-12,14-17,19H,4-9,13H2,1-3H3,(H,33,34)/t15-,16-,17?,19?/m0/s1. The van der Waals surface area contributed by atoms with Gasteiger partial charge < -0.3 is 14.4 Å². The number of benzene rings is 1. The van der Waals surface area contributed by atoms with Crippen molar-refractivity contribution in [2.45, 2.75) is 76.9 Å². The van der Waals surface area contributed by atoms with Gasteiger partial charge in [-0.3, -0.25) is 14.4 Å².